The lowest BCUT2D eigenvalue weighted by molar-refractivity contribution is -0.0707. The average Bonchev–Trinajstić information content (AvgIpc) is 2.82. The number of aryl methyl sites for hydroxylation is 2. The van der Waals surface area contributed by atoms with Crippen molar-refractivity contribution in [3.8, 4) is 0 Å². The standard InChI is InChI=1S/C18H25NO2/c1-4-21-16-10-18(11-16)5-6-19(12-18)17(20)15-8-13(2)7-14(3)9-15/h7-9,16H,4-6,10-12H2,1-3H3. The van der Waals surface area contributed by atoms with E-state index in [-0.39, 0.29) is 5.91 Å². The van der Waals surface area contributed by atoms with Crippen LogP contribution in [0.3, 0.4) is 0 Å². The predicted molar refractivity (Wildman–Crippen MR) is 83.5 cm³/mol. The summed E-state index contributed by atoms with van der Waals surface area (Å²) in [5, 5.41) is 0. The van der Waals surface area contributed by atoms with Crippen molar-refractivity contribution in [3.05, 3.63) is 34.9 Å². The first kappa shape index (κ1) is 14.6. The molecule has 1 heterocycles. The van der Waals surface area contributed by atoms with E-state index >= 15 is 0 Å². The number of hydrogen-bond donors (Lipinski definition) is 0. The van der Waals surface area contributed by atoms with E-state index in [2.05, 4.69) is 13.0 Å². The molecule has 1 aliphatic heterocycles. The van der Waals surface area contributed by atoms with Crippen LogP contribution in [0.1, 0.15) is 47.7 Å². The Labute approximate surface area is 127 Å². The molecule has 0 unspecified atom stereocenters. The van der Waals surface area contributed by atoms with Crippen molar-refractivity contribution in [3.63, 3.8) is 0 Å². The summed E-state index contributed by atoms with van der Waals surface area (Å²) in [7, 11) is 0. The summed E-state index contributed by atoms with van der Waals surface area (Å²) < 4.78 is 5.67. The predicted octanol–water partition coefficient (Wildman–Crippen LogP) is 3.33. The number of rotatable bonds is 3. The van der Waals surface area contributed by atoms with Crippen molar-refractivity contribution in [1.29, 1.82) is 0 Å². The molecular weight excluding hydrogens is 262 g/mol. The van der Waals surface area contributed by atoms with E-state index in [4.69, 9.17) is 4.74 Å². The summed E-state index contributed by atoms with van der Waals surface area (Å²) in [6.07, 6.45) is 3.80. The van der Waals surface area contributed by atoms with Crippen molar-refractivity contribution in [2.45, 2.75) is 46.1 Å². The smallest absolute Gasteiger partial charge is 0.253 e. The highest BCUT2D eigenvalue weighted by molar-refractivity contribution is 5.94. The number of benzene rings is 1. The maximum atomic E-state index is 12.7. The second-order valence-electron chi connectivity index (χ2n) is 6.84. The molecule has 1 saturated heterocycles. The van der Waals surface area contributed by atoms with E-state index in [0.717, 1.165) is 55.6 Å². The van der Waals surface area contributed by atoms with Gasteiger partial charge in [0, 0.05) is 25.3 Å². The van der Waals surface area contributed by atoms with Crippen molar-refractivity contribution in [2.75, 3.05) is 19.7 Å². The lowest BCUT2D eigenvalue weighted by atomic mass is 9.66. The van der Waals surface area contributed by atoms with Gasteiger partial charge in [-0.2, -0.15) is 0 Å². The lowest BCUT2D eigenvalue weighted by Gasteiger charge is -2.44. The van der Waals surface area contributed by atoms with E-state index < -0.39 is 0 Å². The van der Waals surface area contributed by atoms with Crippen LogP contribution in [-0.4, -0.2) is 36.6 Å². The molecule has 114 valence electrons. The fourth-order valence-corrected chi connectivity index (χ4v) is 3.98. The highest BCUT2D eigenvalue weighted by Crippen LogP contribution is 2.49. The molecule has 1 aromatic carbocycles. The minimum atomic E-state index is 0.193. The van der Waals surface area contributed by atoms with E-state index in [0.29, 0.717) is 11.5 Å². The monoisotopic (exact) mass is 287 g/mol. The third-order valence-electron chi connectivity index (χ3n) is 4.92. The molecule has 1 aromatic rings. The van der Waals surface area contributed by atoms with Gasteiger partial charge in [-0.25, -0.2) is 0 Å². The van der Waals surface area contributed by atoms with Crippen LogP contribution in [0.15, 0.2) is 18.2 Å². The van der Waals surface area contributed by atoms with E-state index in [1.54, 1.807) is 0 Å². The van der Waals surface area contributed by atoms with Gasteiger partial charge in [0.05, 0.1) is 6.10 Å². The van der Waals surface area contributed by atoms with Crippen LogP contribution in [0, 0.1) is 19.3 Å². The van der Waals surface area contributed by atoms with Gasteiger partial charge in [0.15, 0.2) is 0 Å². The first-order chi connectivity index (χ1) is 10.0. The molecule has 0 atom stereocenters. The maximum absolute atomic E-state index is 12.7. The second kappa shape index (κ2) is 5.45. The number of carbonyl (C=O) groups excluding carboxylic acids is 1. The number of carbonyl (C=O) groups is 1. The van der Waals surface area contributed by atoms with Crippen LogP contribution < -0.4 is 0 Å². The van der Waals surface area contributed by atoms with Gasteiger partial charge in [0.25, 0.3) is 5.91 Å². The fourth-order valence-electron chi connectivity index (χ4n) is 3.98. The van der Waals surface area contributed by atoms with E-state index in [1.165, 1.54) is 0 Å². The topological polar surface area (TPSA) is 29.5 Å². The lowest BCUT2D eigenvalue weighted by Crippen LogP contribution is -2.45. The molecule has 1 saturated carbocycles. The molecule has 0 N–H and O–H groups in total. The summed E-state index contributed by atoms with van der Waals surface area (Å²) in [6, 6.07) is 6.12. The number of likely N-dealkylation sites (tertiary alicyclic amines) is 1. The fraction of sp³-hybridized carbons (Fsp3) is 0.611. The zero-order valence-electron chi connectivity index (χ0n) is 13.3. The molecule has 21 heavy (non-hydrogen) atoms. The SMILES string of the molecule is CCOC1CC2(CCN(C(=O)c3cc(C)cc(C)c3)C2)C1. The Morgan fingerprint density at radius 3 is 2.57 bits per heavy atom. The first-order valence-electron chi connectivity index (χ1n) is 8.00. The molecule has 2 fully saturated rings. The molecule has 2 aliphatic rings. The van der Waals surface area contributed by atoms with Gasteiger partial charge < -0.3 is 9.64 Å². The van der Waals surface area contributed by atoms with E-state index in [9.17, 15) is 4.79 Å². The Balaban J connectivity index is 1.65. The van der Waals surface area contributed by atoms with Crippen molar-refractivity contribution >= 4 is 5.91 Å². The molecular formula is C18H25NO2. The number of nitrogens with zero attached hydrogens (tertiary/aromatic N) is 1. The Bertz CT molecular complexity index is 526. The minimum Gasteiger partial charge on any atom is -0.378 e. The Kier molecular flexibility index (Phi) is 3.78. The van der Waals surface area contributed by atoms with Crippen LogP contribution in [0.2, 0.25) is 0 Å². The van der Waals surface area contributed by atoms with Crippen molar-refractivity contribution in [2.24, 2.45) is 5.41 Å². The summed E-state index contributed by atoms with van der Waals surface area (Å²) in [5.41, 5.74) is 3.50. The van der Waals surface area contributed by atoms with E-state index in [1.807, 2.05) is 30.9 Å². The molecule has 0 bridgehead atoms. The molecule has 3 heteroatoms. The van der Waals surface area contributed by atoms with Crippen molar-refractivity contribution in [1.82, 2.24) is 4.90 Å². The normalized spacial score (nSPS) is 28.0. The van der Waals surface area contributed by atoms with Crippen LogP contribution in [-0.2, 0) is 4.74 Å². The van der Waals surface area contributed by atoms with Gasteiger partial charge in [0.2, 0.25) is 0 Å². The maximum Gasteiger partial charge on any atom is 0.253 e. The molecule has 1 spiro atoms. The Hall–Kier alpha value is -1.35. The number of amides is 1. The molecule has 3 nitrogen and oxygen atoms in total. The molecule has 0 radical (unpaired) electrons. The highest BCUT2D eigenvalue weighted by Gasteiger charge is 2.49. The average molecular weight is 287 g/mol. The summed E-state index contributed by atoms with van der Waals surface area (Å²) in [6.45, 7) is 8.75. The molecule has 3 rings (SSSR count). The van der Waals surface area contributed by atoms with Crippen LogP contribution in [0.4, 0.5) is 0 Å². The van der Waals surface area contributed by atoms with Crippen LogP contribution >= 0.6 is 0 Å². The number of ether oxygens (including phenoxy) is 1. The van der Waals surface area contributed by atoms with Gasteiger partial charge in [-0.05, 0) is 57.6 Å². The van der Waals surface area contributed by atoms with Crippen LogP contribution in [0.5, 0.6) is 0 Å². The summed E-state index contributed by atoms with van der Waals surface area (Å²) >= 11 is 0. The third kappa shape index (κ3) is 2.84. The van der Waals surface area contributed by atoms with Gasteiger partial charge in [-0.1, -0.05) is 17.2 Å². The minimum absolute atomic E-state index is 0.193. The van der Waals surface area contributed by atoms with Gasteiger partial charge in [-0.15, -0.1) is 0 Å². The van der Waals surface area contributed by atoms with Crippen molar-refractivity contribution < 1.29 is 9.53 Å². The third-order valence-corrected chi connectivity index (χ3v) is 4.92. The largest absolute Gasteiger partial charge is 0.378 e. The molecule has 0 aromatic heterocycles. The summed E-state index contributed by atoms with van der Waals surface area (Å²) in [4.78, 5) is 14.7. The van der Waals surface area contributed by atoms with Gasteiger partial charge in [-0.3, -0.25) is 4.79 Å². The molecule has 1 amide bonds. The first-order valence-corrected chi connectivity index (χ1v) is 8.00. The zero-order valence-corrected chi connectivity index (χ0v) is 13.3. The Morgan fingerprint density at radius 2 is 1.95 bits per heavy atom. The van der Waals surface area contributed by atoms with Crippen LogP contribution in [0.25, 0.3) is 0 Å². The van der Waals surface area contributed by atoms with Gasteiger partial charge in [0.1, 0.15) is 0 Å². The second-order valence-corrected chi connectivity index (χ2v) is 6.84. The quantitative estimate of drug-likeness (QED) is 0.853. The zero-order chi connectivity index (χ0) is 15.0. The number of hydrogen-bond acceptors (Lipinski definition) is 2. The summed E-state index contributed by atoms with van der Waals surface area (Å²) in [5.74, 6) is 0.193. The highest BCUT2D eigenvalue weighted by atomic mass is 16.5. The Morgan fingerprint density at radius 1 is 1.29 bits per heavy atom. The van der Waals surface area contributed by atoms with Gasteiger partial charge >= 0.3 is 0 Å². The molecule has 1 aliphatic carbocycles.